The molecule has 1 radical (unpaired) electrons. The van der Waals surface area contributed by atoms with E-state index in [0.29, 0.717) is 17.5 Å². The zero-order chi connectivity index (χ0) is 14.2. The molecule has 0 amide bonds. The first-order valence-corrected chi connectivity index (χ1v) is 7.15. The fourth-order valence-corrected chi connectivity index (χ4v) is 2.85. The number of sulfonamides is 1. The fourth-order valence-electron chi connectivity index (χ4n) is 1.78. The van der Waals surface area contributed by atoms with Crippen LogP contribution >= 0.6 is 0 Å². The van der Waals surface area contributed by atoms with Gasteiger partial charge in [-0.25, -0.2) is 12.7 Å². The molecule has 0 saturated heterocycles. The molecule has 0 atom stereocenters. The number of pyridine rings is 1. The number of aromatic nitrogens is 1. The molecule has 5 nitrogen and oxygen atoms in total. The fraction of sp³-hybridized carbons (Fsp3) is 0.231. The van der Waals surface area contributed by atoms with Crippen molar-refractivity contribution in [3.63, 3.8) is 0 Å². The van der Waals surface area contributed by atoms with Crippen molar-refractivity contribution < 1.29 is 46.2 Å². The Hall–Kier alpha value is -0.556. The molecule has 2 rings (SSSR count). The van der Waals surface area contributed by atoms with Gasteiger partial charge in [-0.15, -0.1) is 6.42 Å². The summed E-state index contributed by atoms with van der Waals surface area (Å²) < 4.78 is 25.6. The number of nitrogens with zero attached hydrogens (tertiary/aromatic N) is 2. The number of hydrogen-bond donors (Lipinski definition) is 1. The quantitative estimate of drug-likeness (QED) is 0.835. The summed E-state index contributed by atoms with van der Waals surface area (Å²) in [6, 6.07) is 6.10. The van der Waals surface area contributed by atoms with Crippen molar-refractivity contribution in [2.45, 2.75) is 11.3 Å². The van der Waals surface area contributed by atoms with Crippen LogP contribution in [0.1, 0.15) is 5.69 Å². The molecule has 0 bridgehead atoms. The van der Waals surface area contributed by atoms with Crippen LogP contribution < -0.4 is 0 Å². The zero-order valence-electron chi connectivity index (χ0n) is 11.4. The maximum Gasteiger partial charge on any atom is 0.243 e. The Kier molecular flexibility index (Phi) is 5.66. The summed E-state index contributed by atoms with van der Waals surface area (Å²) >= 11 is 0. The average Bonchev–Trinajstić information content (AvgIpc) is 2.38. The molecule has 1 aromatic carbocycles. The number of rotatable bonds is 3. The Morgan fingerprint density at radius 1 is 1.25 bits per heavy atom. The van der Waals surface area contributed by atoms with Crippen molar-refractivity contribution in [1.29, 1.82) is 0 Å². The summed E-state index contributed by atoms with van der Waals surface area (Å²) in [5.74, 6) is -0.0389. The Bertz CT molecular complexity index is 730. The van der Waals surface area contributed by atoms with Gasteiger partial charge in [0.1, 0.15) is 11.3 Å². The SMILES string of the molecule is [CH2-]Cc1ccc2c(S(=O)(=O)N(C)C)ccc(O)c2n1.[Y]. The van der Waals surface area contributed by atoms with Crippen molar-refractivity contribution in [2.75, 3.05) is 14.1 Å². The van der Waals surface area contributed by atoms with Crippen LogP contribution in [0.15, 0.2) is 29.2 Å². The van der Waals surface area contributed by atoms with E-state index in [2.05, 4.69) is 11.9 Å². The van der Waals surface area contributed by atoms with Crippen LogP contribution in [0.2, 0.25) is 0 Å². The zero-order valence-corrected chi connectivity index (χ0v) is 15.0. The van der Waals surface area contributed by atoms with Gasteiger partial charge >= 0.3 is 0 Å². The standard InChI is InChI=1S/C13H15N2O3S.Y/c1-4-9-5-6-10-12(19(17,18)15(2)3)8-7-11(16)13(10)14-9;/h5-8,16H,1,4H2,2-3H3;/q-1;. The van der Waals surface area contributed by atoms with Crippen molar-refractivity contribution in [3.8, 4) is 5.75 Å². The van der Waals surface area contributed by atoms with Gasteiger partial charge in [0.2, 0.25) is 10.0 Å². The molecule has 105 valence electrons. The maximum atomic E-state index is 12.2. The van der Waals surface area contributed by atoms with Gasteiger partial charge in [-0.05, 0) is 24.3 Å². The van der Waals surface area contributed by atoms with Gasteiger partial charge in [0.15, 0.2) is 0 Å². The minimum absolute atomic E-state index is 0. The number of fused-ring (bicyclic) bond motifs is 1. The molecule has 7 heteroatoms. The number of phenols is 1. The van der Waals surface area contributed by atoms with E-state index >= 15 is 0 Å². The third kappa shape index (κ3) is 3.03. The van der Waals surface area contributed by atoms with Crippen molar-refractivity contribution in [2.24, 2.45) is 0 Å². The Morgan fingerprint density at radius 2 is 1.90 bits per heavy atom. The molecule has 0 unspecified atom stereocenters. The predicted molar refractivity (Wildman–Crippen MR) is 73.3 cm³/mol. The van der Waals surface area contributed by atoms with Gasteiger partial charge in [-0.1, -0.05) is 0 Å². The van der Waals surface area contributed by atoms with E-state index in [0.717, 1.165) is 4.31 Å². The summed E-state index contributed by atoms with van der Waals surface area (Å²) in [6.45, 7) is 3.72. The summed E-state index contributed by atoms with van der Waals surface area (Å²) in [5.41, 5.74) is 0.978. The molecule has 1 heterocycles. The molecule has 0 aliphatic carbocycles. The van der Waals surface area contributed by atoms with E-state index < -0.39 is 10.0 Å². The molecule has 0 aliphatic rings. The van der Waals surface area contributed by atoms with E-state index in [1.54, 1.807) is 12.1 Å². The third-order valence-electron chi connectivity index (χ3n) is 2.87. The van der Waals surface area contributed by atoms with Crippen LogP contribution in [0.5, 0.6) is 5.75 Å². The average molecular weight is 368 g/mol. The van der Waals surface area contributed by atoms with Crippen LogP contribution in [0.4, 0.5) is 0 Å². The number of aromatic hydroxyl groups is 1. The first-order chi connectivity index (χ1) is 8.87. The van der Waals surface area contributed by atoms with Crippen LogP contribution in [-0.2, 0) is 49.2 Å². The van der Waals surface area contributed by atoms with E-state index in [1.807, 2.05) is 0 Å². The van der Waals surface area contributed by atoms with E-state index in [4.69, 9.17) is 0 Å². The Labute approximate surface area is 143 Å². The van der Waals surface area contributed by atoms with Gasteiger partial charge in [-0.3, -0.25) is 4.98 Å². The smallest absolute Gasteiger partial charge is 0.243 e. The molecule has 1 aromatic heterocycles. The Balaban J connectivity index is 0.00000200. The molecule has 0 saturated carbocycles. The van der Waals surface area contributed by atoms with Crippen molar-refractivity contribution >= 4 is 20.9 Å². The number of benzene rings is 1. The largest absolute Gasteiger partial charge is 0.506 e. The first-order valence-electron chi connectivity index (χ1n) is 5.71. The van der Waals surface area contributed by atoms with E-state index in [-0.39, 0.29) is 48.9 Å². The van der Waals surface area contributed by atoms with Crippen molar-refractivity contribution in [3.05, 3.63) is 36.9 Å². The number of hydrogen-bond acceptors (Lipinski definition) is 4. The van der Waals surface area contributed by atoms with Crippen LogP contribution in [0.25, 0.3) is 10.9 Å². The van der Waals surface area contributed by atoms with Crippen LogP contribution in [0.3, 0.4) is 0 Å². The molecule has 20 heavy (non-hydrogen) atoms. The predicted octanol–water partition coefficient (Wildman–Crippen LogP) is 1.56. The minimum Gasteiger partial charge on any atom is -0.506 e. The normalized spacial score (nSPS) is 11.6. The van der Waals surface area contributed by atoms with Gasteiger partial charge < -0.3 is 12.0 Å². The van der Waals surface area contributed by atoms with Crippen LogP contribution in [0, 0.1) is 6.92 Å². The second-order valence-electron chi connectivity index (χ2n) is 4.32. The maximum absolute atomic E-state index is 12.2. The molecular formula is C13H15N2O3SY-. The monoisotopic (exact) mass is 368 g/mol. The van der Waals surface area contributed by atoms with Gasteiger partial charge in [0.05, 0.1) is 4.90 Å². The summed E-state index contributed by atoms with van der Waals surface area (Å²) in [6.07, 6.45) is 0.472. The first kappa shape index (κ1) is 17.5. The van der Waals surface area contributed by atoms with Gasteiger partial charge in [0.25, 0.3) is 0 Å². The topological polar surface area (TPSA) is 70.5 Å². The van der Waals surface area contributed by atoms with Crippen molar-refractivity contribution in [1.82, 2.24) is 9.29 Å². The van der Waals surface area contributed by atoms with Crippen LogP contribution in [-0.4, -0.2) is 36.9 Å². The number of phenolic OH excluding ortho intramolecular Hbond substituents is 1. The molecule has 2 aromatic rings. The Morgan fingerprint density at radius 3 is 2.45 bits per heavy atom. The van der Waals surface area contributed by atoms with Gasteiger partial charge in [-0.2, -0.15) is 0 Å². The molecule has 1 N–H and O–H groups in total. The molecular weight excluding hydrogens is 353 g/mol. The summed E-state index contributed by atoms with van der Waals surface area (Å²) in [4.78, 5) is 4.36. The molecule has 0 fully saturated rings. The summed E-state index contributed by atoms with van der Waals surface area (Å²) in [5, 5.41) is 10.2. The molecule has 0 spiro atoms. The van der Waals surface area contributed by atoms with Gasteiger partial charge in [0, 0.05) is 57.9 Å². The van der Waals surface area contributed by atoms with E-state index in [1.165, 1.54) is 26.2 Å². The van der Waals surface area contributed by atoms with E-state index in [9.17, 15) is 13.5 Å². The minimum atomic E-state index is -3.57. The second-order valence-corrected chi connectivity index (χ2v) is 6.44. The second kappa shape index (κ2) is 6.47. The summed E-state index contributed by atoms with van der Waals surface area (Å²) in [7, 11) is -0.645. The third-order valence-corrected chi connectivity index (χ3v) is 4.74. The molecule has 0 aliphatic heterocycles.